The Hall–Kier alpha value is -1.43. The fraction of sp³-hybridized carbons (Fsp3) is 0.462. The summed E-state index contributed by atoms with van der Waals surface area (Å²) in [5.74, 6) is -0.119. The number of aliphatic hydroxyl groups excluding tert-OH is 2. The van der Waals surface area contributed by atoms with Gasteiger partial charge in [-0.25, -0.2) is 0 Å². The number of hydrogen-bond donors (Lipinski definition) is 4. The van der Waals surface area contributed by atoms with E-state index in [2.05, 4.69) is 10.6 Å². The van der Waals surface area contributed by atoms with Crippen molar-refractivity contribution in [3.05, 3.63) is 29.8 Å². The molecule has 18 heavy (non-hydrogen) atoms. The van der Waals surface area contributed by atoms with Crippen molar-refractivity contribution in [3.63, 3.8) is 0 Å². The Labute approximate surface area is 106 Å². The van der Waals surface area contributed by atoms with Crippen molar-refractivity contribution < 1.29 is 15.0 Å². The summed E-state index contributed by atoms with van der Waals surface area (Å²) >= 11 is 0. The highest BCUT2D eigenvalue weighted by Gasteiger charge is 2.25. The molecule has 5 nitrogen and oxygen atoms in total. The number of para-hydroxylation sites is 1. The third kappa shape index (κ3) is 2.87. The van der Waals surface area contributed by atoms with Gasteiger partial charge in [0, 0.05) is 5.69 Å². The van der Waals surface area contributed by atoms with Crippen LogP contribution in [-0.2, 0) is 11.2 Å². The van der Waals surface area contributed by atoms with Crippen LogP contribution >= 0.6 is 0 Å². The fourth-order valence-corrected chi connectivity index (χ4v) is 2.12. The molecule has 0 bridgehead atoms. The molecule has 4 N–H and O–H groups in total. The molecule has 2 rings (SSSR count). The van der Waals surface area contributed by atoms with Gasteiger partial charge in [0.1, 0.15) is 0 Å². The number of nitrogens with one attached hydrogen (secondary N) is 2. The number of fused-ring (bicyclic) bond motifs is 1. The summed E-state index contributed by atoms with van der Waals surface area (Å²) < 4.78 is 0. The van der Waals surface area contributed by atoms with Crippen LogP contribution in [0.4, 0.5) is 5.69 Å². The predicted molar refractivity (Wildman–Crippen MR) is 68.3 cm³/mol. The number of carbonyl (C=O) groups is 1. The van der Waals surface area contributed by atoms with Gasteiger partial charge in [-0.05, 0) is 24.5 Å². The molecule has 5 heteroatoms. The number of hydrogen-bond acceptors (Lipinski definition) is 4. The molecule has 1 heterocycles. The molecule has 0 spiro atoms. The van der Waals surface area contributed by atoms with Gasteiger partial charge in [0.25, 0.3) is 0 Å². The van der Waals surface area contributed by atoms with E-state index in [9.17, 15) is 4.79 Å². The summed E-state index contributed by atoms with van der Waals surface area (Å²) in [6, 6.07) is 6.86. The Balaban J connectivity index is 2.07. The maximum Gasteiger partial charge on any atom is 0.241 e. The number of aryl methyl sites for hydroxylation is 1. The highest BCUT2D eigenvalue weighted by Crippen LogP contribution is 2.21. The Morgan fingerprint density at radius 3 is 2.78 bits per heavy atom. The van der Waals surface area contributed by atoms with E-state index in [-0.39, 0.29) is 25.2 Å². The number of benzene rings is 1. The first-order chi connectivity index (χ1) is 8.74. The maximum atomic E-state index is 12.0. The highest BCUT2D eigenvalue weighted by atomic mass is 16.3. The van der Waals surface area contributed by atoms with Gasteiger partial charge in [-0.1, -0.05) is 18.2 Å². The average molecular weight is 250 g/mol. The van der Waals surface area contributed by atoms with E-state index in [1.54, 1.807) is 0 Å². The Bertz CT molecular complexity index is 418. The fourth-order valence-electron chi connectivity index (χ4n) is 2.12. The van der Waals surface area contributed by atoms with Gasteiger partial charge in [0.2, 0.25) is 5.91 Å². The van der Waals surface area contributed by atoms with E-state index >= 15 is 0 Å². The number of anilines is 1. The molecular weight excluding hydrogens is 232 g/mol. The van der Waals surface area contributed by atoms with Crippen LogP contribution in [0.3, 0.4) is 0 Å². The number of amides is 1. The molecule has 1 amide bonds. The van der Waals surface area contributed by atoms with Gasteiger partial charge in [-0.15, -0.1) is 0 Å². The van der Waals surface area contributed by atoms with Crippen molar-refractivity contribution in [2.24, 2.45) is 0 Å². The lowest BCUT2D eigenvalue weighted by Gasteiger charge is -2.20. The minimum atomic E-state index is -0.457. The minimum absolute atomic E-state index is 0.119. The number of carbonyl (C=O) groups excluding carboxylic acids is 1. The van der Waals surface area contributed by atoms with E-state index in [0.717, 1.165) is 17.7 Å². The minimum Gasteiger partial charge on any atom is -0.395 e. The standard InChI is InChI=1S/C13H18N2O3/c16-7-10(8-17)14-12-6-5-9-3-1-2-4-11(9)15-13(12)18/h1-4,10,12,14,16-17H,5-8H2,(H,15,18). The van der Waals surface area contributed by atoms with Crippen LogP contribution < -0.4 is 10.6 Å². The molecule has 0 aliphatic carbocycles. The second kappa shape index (κ2) is 5.95. The lowest BCUT2D eigenvalue weighted by Crippen LogP contribution is -2.48. The zero-order valence-electron chi connectivity index (χ0n) is 10.1. The van der Waals surface area contributed by atoms with Crippen LogP contribution in [0.15, 0.2) is 24.3 Å². The number of aliphatic hydroxyl groups is 2. The van der Waals surface area contributed by atoms with Gasteiger partial charge in [-0.2, -0.15) is 0 Å². The Morgan fingerprint density at radius 1 is 1.33 bits per heavy atom. The van der Waals surface area contributed by atoms with Crippen LogP contribution in [0.25, 0.3) is 0 Å². The van der Waals surface area contributed by atoms with Crippen LogP contribution in [0.5, 0.6) is 0 Å². The van der Waals surface area contributed by atoms with E-state index in [1.165, 1.54) is 0 Å². The van der Waals surface area contributed by atoms with Crippen molar-refractivity contribution in [3.8, 4) is 0 Å². The van der Waals surface area contributed by atoms with Crippen molar-refractivity contribution in [2.75, 3.05) is 18.5 Å². The topological polar surface area (TPSA) is 81.6 Å². The molecule has 0 fully saturated rings. The summed E-state index contributed by atoms with van der Waals surface area (Å²) in [7, 11) is 0. The van der Waals surface area contributed by atoms with Crippen LogP contribution in [-0.4, -0.2) is 41.4 Å². The van der Waals surface area contributed by atoms with Crippen molar-refractivity contribution in [2.45, 2.75) is 24.9 Å². The second-order valence-electron chi connectivity index (χ2n) is 4.47. The Morgan fingerprint density at radius 2 is 2.06 bits per heavy atom. The Kier molecular flexibility index (Phi) is 4.30. The van der Waals surface area contributed by atoms with Gasteiger partial charge in [0.05, 0.1) is 25.3 Å². The van der Waals surface area contributed by atoms with E-state index in [4.69, 9.17) is 10.2 Å². The van der Waals surface area contributed by atoms with Gasteiger partial charge in [0.15, 0.2) is 0 Å². The SMILES string of the molecule is O=C1Nc2ccccc2CCC1NC(CO)CO. The lowest BCUT2D eigenvalue weighted by atomic mass is 10.1. The third-order valence-corrected chi connectivity index (χ3v) is 3.17. The zero-order chi connectivity index (χ0) is 13.0. The first kappa shape index (κ1) is 13.0. The summed E-state index contributed by atoms with van der Waals surface area (Å²) in [5.41, 5.74) is 1.95. The normalized spacial score (nSPS) is 19.3. The predicted octanol–water partition coefficient (Wildman–Crippen LogP) is -0.117. The van der Waals surface area contributed by atoms with Crippen molar-refractivity contribution in [1.29, 1.82) is 0 Å². The molecule has 0 saturated carbocycles. The van der Waals surface area contributed by atoms with E-state index < -0.39 is 6.04 Å². The molecule has 98 valence electrons. The molecule has 1 aliphatic rings. The van der Waals surface area contributed by atoms with Gasteiger partial charge >= 0.3 is 0 Å². The van der Waals surface area contributed by atoms with E-state index in [1.807, 2.05) is 24.3 Å². The summed E-state index contributed by atoms with van der Waals surface area (Å²) in [6.45, 7) is -0.375. The molecule has 1 aromatic rings. The van der Waals surface area contributed by atoms with Crippen LogP contribution in [0, 0.1) is 0 Å². The summed E-state index contributed by atoms with van der Waals surface area (Å²) in [6.07, 6.45) is 1.44. The molecule has 0 radical (unpaired) electrons. The van der Waals surface area contributed by atoms with Crippen molar-refractivity contribution in [1.82, 2.24) is 5.32 Å². The lowest BCUT2D eigenvalue weighted by molar-refractivity contribution is -0.118. The molecular formula is C13H18N2O3. The van der Waals surface area contributed by atoms with Gasteiger partial charge < -0.3 is 15.5 Å². The first-order valence-electron chi connectivity index (χ1n) is 6.11. The monoisotopic (exact) mass is 250 g/mol. The average Bonchev–Trinajstić information content (AvgIpc) is 2.55. The summed E-state index contributed by atoms with van der Waals surface area (Å²) in [4.78, 5) is 12.0. The zero-order valence-corrected chi connectivity index (χ0v) is 10.1. The molecule has 1 atom stereocenters. The quantitative estimate of drug-likeness (QED) is 0.600. The number of rotatable bonds is 4. The van der Waals surface area contributed by atoms with Crippen LogP contribution in [0.1, 0.15) is 12.0 Å². The van der Waals surface area contributed by atoms with Crippen LogP contribution in [0.2, 0.25) is 0 Å². The van der Waals surface area contributed by atoms with Crippen molar-refractivity contribution >= 4 is 11.6 Å². The molecule has 0 aromatic heterocycles. The smallest absolute Gasteiger partial charge is 0.241 e. The highest BCUT2D eigenvalue weighted by molar-refractivity contribution is 5.96. The molecule has 1 aliphatic heterocycles. The second-order valence-corrected chi connectivity index (χ2v) is 4.47. The molecule has 1 unspecified atom stereocenters. The van der Waals surface area contributed by atoms with E-state index in [0.29, 0.717) is 6.42 Å². The first-order valence-corrected chi connectivity index (χ1v) is 6.11. The summed E-state index contributed by atoms with van der Waals surface area (Å²) in [5, 5.41) is 23.9. The maximum absolute atomic E-state index is 12.0. The van der Waals surface area contributed by atoms with Gasteiger partial charge in [-0.3, -0.25) is 10.1 Å². The molecule has 0 saturated heterocycles. The molecule has 1 aromatic carbocycles. The largest absolute Gasteiger partial charge is 0.395 e. The third-order valence-electron chi connectivity index (χ3n) is 3.17.